The summed E-state index contributed by atoms with van der Waals surface area (Å²) in [6, 6.07) is 7.30. The van der Waals surface area contributed by atoms with E-state index in [0.29, 0.717) is 36.6 Å². The van der Waals surface area contributed by atoms with Crippen LogP contribution in [0.15, 0.2) is 18.2 Å². The van der Waals surface area contributed by atoms with E-state index in [1.807, 2.05) is 0 Å². The Morgan fingerprint density at radius 3 is 2.54 bits per heavy atom. The number of hydrogen-bond donors (Lipinski definition) is 0. The summed E-state index contributed by atoms with van der Waals surface area (Å²) in [4.78, 5) is 18.6. The van der Waals surface area contributed by atoms with E-state index in [1.54, 1.807) is 0 Å². The highest BCUT2D eigenvalue weighted by Gasteiger charge is 2.55. The molecule has 0 spiro atoms. The lowest BCUT2D eigenvalue weighted by Gasteiger charge is -2.51. The molecule has 1 aromatic carbocycles. The number of likely N-dealkylation sites (tertiary alicyclic amines) is 1. The smallest absolute Gasteiger partial charge is 0.231 e. The van der Waals surface area contributed by atoms with Gasteiger partial charge in [-0.1, -0.05) is 25.3 Å². The number of hydrogen-bond acceptors (Lipinski definition) is 4. The van der Waals surface area contributed by atoms with Crippen molar-refractivity contribution in [3.8, 4) is 11.5 Å². The van der Waals surface area contributed by atoms with Gasteiger partial charge in [-0.3, -0.25) is 9.69 Å². The Bertz CT molecular complexity index is 767. The van der Waals surface area contributed by atoms with Crippen LogP contribution < -0.4 is 9.47 Å². The topological polar surface area (TPSA) is 42.0 Å². The van der Waals surface area contributed by atoms with Crippen molar-refractivity contribution in [1.82, 2.24) is 9.80 Å². The molecule has 6 aliphatic rings. The third-order valence-corrected chi connectivity index (χ3v) is 8.06. The molecule has 0 aromatic heterocycles. The van der Waals surface area contributed by atoms with Crippen molar-refractivity contribution in [2.75, 3.05) is 26.4 Å². The van der Waals surface area contributed by atoms with Gasteiger partial charge in [-0.25, -0.2) is 0 Å². The summed E-state index contributed by atoms with van der Waals surface area (Å²) in [5.41, 5.74) is 1.31. The van der Waals surface area contributed by atoms with Crippen LogP contribution in [0.25, 0.3) is 0 Å². The van der Waals surface area contributed by atoms with Crippen LogP contribution in [0.2, 0.25) is 0 Å². The average Bonchev–Trinajstić information content (AvgIpc) is 3.40. The van der Waals surface area contributed by atoms with Crippen LogP contribution in [-0.4, -0.2) is 54.2 Å². The van der Waals surface area contributed by atoms with Gasteiger partial charge in [-0.05, 0) is 62.4 Å². The molecule has 150 valence electrons. The molecular weight excluding hydrogens is 352 g/mol. The van der Waals surface area contributed by atoms with Crippen LogP contribution >= 0.6 is 0 Å². The van der Waals surface area contributed by atoms with Crippen molar-refractivity contribution in [3.05, 3.63) is 23.8 Å². The number of fused-ring (bicyclic) bond motifs is 3. The SMILES string of the molecule is O=C(C1CCCCC1)N1C[C@H](c2ccc3c(c2)OCO3)[C@@H]2[C@H]1C1CCN2CC1. The van der Waals surface area contributed by atoms with Crippen LogP contribution in [0.5, 0.6) is 11.5 Å². The number of ether oxygens (including phenoxy) is 2. The van der Waals surface area contributed by atoms with E-state index in [0.717, 1.165) is 30.9 Å². The Hall–Kier alpha value is -1.75. The lowest BCUT2D eigenvalue weighted by molar-refractivity contribution is -0.141. The zero-order valence-corrected chi connectivity index (χ0v) is 16.5. The molecule has 1 saturated carbocycles. The van der Waals surface area contributed by atoms with Gasteiger partial charge in [0.2, 0.25) is 12.7 Å². The summed E-state index contributed by atoms with van der Waals surface area (Å²) in [6.45, 7) is 3.57. The van der Waals surface area contributed by atoms with E-state index in [1.165, 1.54) is 50.8 Å². The zero-order chi connectivity index (χ0) is 18.7. The average molecular weight is 383 g/mol. The van der Waals surface area contributed by atoms with E-state index < -0.39 is 0 Å². The van der Waals surface area contributed by atoms with Crippen LogP contribution in [-0.2, 0) is 4.79 Å². The summed E-state index contributed by atoms with van der Waals surface area (Å²) in [5, 5.41) is 0. The minimum atomic E-state index is 0.264. The van der Waals surface area contributed by atoms with Gasteiger partial charge in [0, 0.05) is 24.4 Å². The Balaban J connectivity index is 1.34. The minimum absolute atomic E-state index is 0.264. The third kappa shape index (κ3) is 2.58. The molecule has 1 amide bonds. The zero-order valence-electron chi connectivity index (χ0n) is 16.5. The number of rotatable bonds is 2. The molecule has 0 unspecified atom stereocenters. The first-order chi connectivity index (χ1) is 13.8. The van der Waals surface area contributed by atoms with Crippen LogP contribution in [0.1, 0.15) is 56.4 Å². The fraction of sp³-hybridized carbons (Fsp3) is 0.696. The Morgan fingerprint density at radius 1 is 0.929 bits per heavy atom. The molecule has 5 fully saturated rings. The molecule has 3 atom stereocenters. The Labute approximate surface area is 167 Å². The summed E-state index contributed by atoms with van der Waals surface area (Å²) < 4.78 is 11.2. The second kappa shape index (κ2) is 6.65. The number of nitrogens with zero attached hydrogens (tertiary/aromatic N) is 2. The van der Waals surface area contributed by atoms with Gasteiger partial charge in [-0.2, -0.15) is 0 Å². The normalized spacial score (nSPS) is 36.6. The quantitative estimate of drug-likeness (QED) is 0.786. The molecule has 5 heteroatoms. The van der Waals surface area contributed by atoms with Gasteiger partial charge in [0.15, 0.2) is 11.5 Å². The lowest BCUT2D eigenvalue weighted by atomic mass is 9.75. The second-order valence-electron chi connectivity index (χ2n) is 9.40. The predicted molar refractivity (Wildman–Crippen MR) is 105 cm³/mol. The standard InChI is InChI=1S/C23H30N2O3/c26-23(16-4-2-1-3-5-16)25-13-18(17-6-7-19-20(12-17)28-14-27-19)22-21(25)15-8-10-24(22)11-9-15/h6-7,12,15-16,18,21-22H,1-5,8-11,13-14H2/t18-,21-,22-/m1/s1. The molecule has 0 radical (unpaired) electrons. The number of amides is 1. The Morgan fingerprint density at radius 2 is 1.71 bits per heavy atom. The third-order valence-electron chi connectivity index (χ3n) is 8.06. The monoisotopic (exact) mass is 382 g/mol. The van der Waals surface area contributed by atoms with E-state index in [9.17, 15) is 4.79 Å². The fourth-order valence-electron chi connectivity index (χ4n) is 6.69. The van der Waals surface area contributed by atoms with Gasteiger partial charge < -0.3 is 14.4 Å². The van der Waals surface area contributed by atoms with Crippen molar-refractivity contribution >= 4 is 5.91 Å². The van der Waals surface area contributed by atoms with Gasteiger partial charge in [-0.15, -0.1) is 0 Å². The maximum Gasteiger partial charge on any atom is 0.231 e. The van der Waals surface area contributed by atoms with E-state index in [4.69, 9.17) is 9.47 Å². The summed E-state index contributed by atoms with van der Waals surface area (Å²) in [5.74, 6) is 3.49. The van der Waals surface area contributed by atoms with Crippen molar-refractivity contribution in [3.63, 3.8) is 0 Å². The van der Waals surface area contributed by atoms with Crippen LogP contribution in [0.3, 0.4) is 0 Å². The number of carbonyl (C=O) groups excluding carboxylic acids is 1. The summed E-state index contributed by atoms with van der Waals surface area (Å²) in [6.07, 6.45) is 8.43. The molecule has 1 aliphatic carbocycles. The maximum absolute atomic E-state index is 13.6. The molecule has 0 N–H and O–H groups in total. The van der Waals surface area contributed by atoms with Crippen molar-refractivity contribution in [1.29, 1.82) is 0 Å². The Kier molecular flexibility index (Phi) is 4.07. The molecule has 5 aliphatic heterocycles. The van der Waals surface area contributed by atoms with E-state index >= 15 is 0 Å². The van der Waals surface area contributed by atoms with Gasteiger partial charge in [0.25, 0.3) is 0 Å². The molecule has 28 heavy (non-hydrogen) atoms. The van der Waals surface area contributed by atoms with Crippen LogP contribution in [0, 0.1) is 11.8 Å². The first-order valence-corrected chi connectivity index (χ1v) is 11.2. The predicted octanol–water partition coefficient (Wildman–Crippen LogP) is 3.38. The van der Waals surface area contributed by atoms with Crippen molar-refractivity contribution < 1.29 is 14.3 Å². The van der Waals surface area contributed by atoms with Crippen LogP contribution in [0.4, 0.5) is 0 Å². The molecule has 5 nitrogen and oxygen atoms in total. The number of piperidine rings is 3. The van der Waals surface area contributed by atoms with E-state index in [-0.39, 0.29) is 5.92 Å². The highest BCUT2D eigenvalue weighted by atomic mass is 16.7. The minimum Gasteiger partial charge on any atom is -0.454 e. The fourth-order valence-corrected chi connectivity index (χ4v) is 6.69. The van der Waals surface area contributed by atoms with Gasteiger partial charge >= 0.3 is 0 Å². The van der Waals surface area contributed by atoms with Crippen molar-refractivity contribution in [2.24, 2.45) is 11.8 Å². The molecule has 5 heterocycles. The lowest BCUT2D eigenvalue weighted by Crippen LogP contribution is -2.61. The molecule has 7 rings (SSSR count). The number of benzene rings is 1. The van der Waals surface area contributed by atoms with Gasteiger partial charge in [0.05, 0.1) is 6.04 Å². The van der Waals surface area contributed by atoms with Crippen molar-refractivity contribution in [2.45, 2.75) is 62.9 Å². The summed E-state index contributed by atoms with van der Waals surface area (Å²) in [7, 11) is 0. The molecule has 2 bridgehead atoms. The maximum atomic E-state index is 13.6. The molecule has 1 aromatic rings. The first-order valence-electron chi connectivity index (χ1n) is 11.2. The largest absolute Gasteiger partial charge is 0.454 e. The molecular formula is C23H30N2O3. The van der Waals surface area contributed by atoms with Gasteiger partial charge in [0.1, 0.15) is 0 Å². The molecule has 4 saturated heterocycles. The first kappa shape index (κ1) is 17.1. The summed E-state index contributed by atoms with van der Waals surface area (Å²) >= 11 is 0. The second-order valence-corrected chi connectivity index (χ2v) is 9.40. The highest BCUT2D eigenvalue weighted by molar-refractivity contribution is 5.80. The van der Waals surface area contributed by atoms with E-state index in [2.05, 4.69) is 28.0 Å². The number of carbonyl (C=O) groups is 1. The highest BCUT2D eigenvalue weighted by Crippen LogP contribution is 2.48.